The molecule has 0 spiro atoms. The highest BCUT2D eigenvalue weighted by molar-refractivity contribution is 5.95. The molecule has 1 aliphatic heterocycles. The number of nitrogens with two attached hydrogens (primary N) is 1. The third-order valence-corrected chi connectivity index (χ3v) is 3.63. The summed E-state index contributed by atoms with van der Waals surface area (Å²) in [7, 11) is 0. The number of amides is 1. The lowest BCUT2D eigenvalue weighted by Gasteiger charge is -2.25. The van der Waals surface area contributed by atoms with Crippen LogP contribution in [0.5, 0.6) is 0 Å². The number of benzene rings is 1. The molecule has 1 amide bonds. The SMILES string of the molecule is CC1CCN(C(=O)c2cc(F)cc(N)c2F)C1CO. The number of carbonyl (C=O) groups excluding carboxylic acids is 1. The highest BCUT2D eigenvalue weighted by atomic mass is 19.1. The highest BCUT2D eigenvalue weighted by Crippen LogP contribution is 2.27. The van der Waals surface area contributed by atoms with Crippen LogP contribution in [0.4, 0.5) is 14.5 Å². The number of likely N-dealkylation sites (tertiary alicyclic amines) is 1. The molecule has 2 rings (SSSR count). The molecule has 1 fully saturated rings. The Morgan fingerprint density at radius 1 is 1.53 bits per heavy atom. The smallest absolute Gasteiger partial charge is 0.257 e. The molecule has 0 saturated carbocycles. The number of hydrogen-bond acceptors (Lipinski definition) is 3. The Balaban J connectivity index is 2.35. The molecular formula is C13H16F2N2O2. The number of carbonyl (C=O) groups is 1. The van der Waals surface area contributed by atoms with Gasteiger partial charge in [-0.25, -0.2) is 8.78 Å². The van der Waals surface area contributed by atoms with Crippen molar-refractivity contribution >= 4 is 11.6 Å². The first-order chi connectivity index (χ1) is 8.95. The fourth-order valence-electron chi connectivity index (χ4n) is 2.46. The van der Waals surface area contributed by atoms with Gasteiger partial charge in [0.15, 0.2) is 5.82 Å². The summed E-state index contributed by atoms with van der Waals surface area (Å²) in [5, 5.41) is 9.29. The number of aliphatic hydroxyl groups is 1. The zero-order valence-electron chi connectivity index (χ0n) is 10.6. The largest absolute Gasteiger partial charge is 0.396 e. The Morgan fingerprint density at radius 3 is 2.84 bits per heavy atom. The van der Waals surface area contributed by atoms with Gasteiger partial charge < -0.3 is 15.7 Å². The summed E-state index contributed by atoms with van der Waals surface area (Å²) < 4.78 is 27.1. The van der Waals surface area contributed by atoms with Gasteiger partial charge in [-0.15, -0.1) is 0 Å². The van der Waals surface area contributed by atoms with Crippen molar-refractivity contribution in [3.05, 3.63) is 29.3 Å². The first kappa shape index (κ1) is 13.7. The minimum Gasteiger partial charge on any atom is -0.396 e. The maximum absolute atomic E-state index is 13.8. The van der Waals surface area contributed by atoms with Crippen molar-refractivity contribution in [2.45, 2.75) is 19.4 Å². The Hall–Kier alpha value is -1.69. The lowest BCUT2D eigenvalue weighted by atomic mass is 10.0. The topological polar surface area (TPSA) is 66.6 Å². The van der Waals surface area contributed by atoms with Crippen LogP contribution in [0.25, 0.3) is 0 Å². The maximum Gasteiger partial charge on any atom is 0.257 e. The van der Waals surface area contributed by atoms with E-state index in [1.807, 2.05) is 6.92 Å². The van der Waals surface area contributed by atoms with E-state index in [1.54, 1.807) is 0 Å². The molecular weight excluding hydrogens is 254 g/mol. The van der Waals surface area contributed by atoms with Gasteiger partial charge in [0.25, 0.3) is 5.91 Å². The number of nitrogen functional groups attached to an aromatic ring is 1. The molecule has 104 valence electrons. The quantitative estimate of drug-likeness (QED) is 0.798. The van der Waals surface area contributed by atoms with Crippen LogP contribution in [0.2, 0.25) is 0 Å². The lowest BCUT2D eigenvalue weighted by Crippen LogP contribution is -2.40. The van der Waals surface area contributed by atoms with Gasteiger partial charge in [-0.1, -0.05) is 6.92 Å². The molecule has 1 heterocycles. The van der Waals surface area contributed by atoms with Gasteiger partial charge in [0.1, 0.15) is 5.82 Å². The molecule has 3 N–H and O–H groups in total. The second kappa shape index (κ2) is 5.13. The van der Waals surface area contributed by atoms with Gasteiger partial charge in [0.2, 0.25) is 0 Å². The summed E-state index contributed by atoms with van der Waals surface area (Å²) in [6.07, 6.45) is 0.726. The second-order valence-electron chi connectivity index (χ2n) is 4.87. The predicted molar refractivity (Wildman–Crippen MR) is 66.5 cm³/mol. The van der Waals surface area contributed by atoms with Gasteiger partial charge in [-0.2, -0.15) is 0 Å². The van der Waals surface area contributed by atoms with Crippen LogP contribution in [0.15, 0.2) is 12.1 Å². The summed E-state index contributed by atoms with van der Waals surface area (Å²) >= 11 is 0. The molecule has 1 aromatic rings. The molecule has 2 unspecified atom stereocenters. The van der Waals surface area contributed by atoms with E-state index in [4.69, 9.17) is 5.73 Å². The molecule has 0 aromatic heterocycles. The van der Waals surface area contributed by atoms with Gasteiger partial charge in [0, 0.05) is 6.54 Å². The van der Waals surface area contributed by atoms with Gasteiger partial charge in [-0.3, -0.25) is 4.79 Å². The first-order valence-corrected chi connectivity index (χ1v) is 6.12. The normalized spacial score (nSPS) is 22.8. The Bertz CT molecular complexity index is 508. The van der Waals surface area contributed by atoms with Crippen molar-refractivity contribution < 1.29 is 18.7 Å². The van der Waals surface area contributed by atoms with E-state index in [0.29, 0.717) is 6.54 Å². The third kappa shape index (κ3) is 2.40. The number of aliphatic hydroxyl groups excluding tert-OH is 1. The van der Waals surface area contributed by atoms with Crippen LogP contribution in [0.3, 0.4) is 0 Å². The molecule has 0 aliphatic carbocycles. The molecule has 4 nitrogen and oxygen atoms in total. The van der Waals surface area contributed by atoms with Crippen molar-refractivity contribution in [2.24, 2.45) is 5.92 Å². The molecule has 0 radical (unpaired) electrons. The molecule has 19 heavy (non-hydrogen) atoms. The van der Waals surface area contributed by atoms with Crippen LogP contribution < -0.4 is 5.73 Å². The van der Waals surface area contributed by atoms with Gasteiger partial charge in [0.05, 0.1) is 23.9 Å². The van der Waals surface area contributed by atoms with Crippen LogP contribution >= 0.6 is 0 Å². The summed E-state index contributed by atoms with van der Waals surface area (Å²) in [6.45, 7) is 2.13. The molecule has 0 bridgehead atoms. The Morgan fingerprint density at radius 2 is 2.21 bits per heavy atom. The molecule has 6 heteroatoms. The van der Waals surface area contributed by atoms with E-state index >= 15 is 0 Å². The van der Waals surface area contributed by atoms with Crippen molar-refractivity contribution in [3.8, 4) is 0 Å². The van der Waals surface area contributed by atoms with Crippen molar-refractivity contribution in [2.75, 3.05) is 18.9 Å². The molecule has 1 aromatic carbocycles. The Kier molecular flexibility index (Phi) is 3.71. The van der Waals surface area contributed by atoms with E-state index in [9.17, 15) is 18.7 Å². The van der Waals surface area contributed by atoms with Crippen LogP contribution in [0, 0.1) is 17.6 Å². The number of nitrogens with zero attached hydrogens (tertiary/aromatic N) is 1. The zero-order chi connectivity index (χ0) is 14.2. The van der Waals surface area contributed by atoms with E-state index in [1.165, 1.54) is 4.90 Å². The molecule has 1 saturated heterocycles. The van der Waals surface area contributed by atoms with Crippen LogP contribution in [-0.4, -0.2) is 35.1 Å². The van der Waals surface area contributed by atoms with E-state index in [0.717, 1.165) is 18.6 Å². The summed E-state index contributed by atoms with van der Waals surface area (Å²) in [5.41, 5.74) is 4.54. The summed E-state index contributed by atoms with van der Waals surface area (Å²) in [6, 6.07) is 1.31. The minimum atomic E-state index is -0.914. The van der Waals surface area contributed by atoms with Crippen molar-refractivity contribution in [1.29, 1.82) is 0 Å². The predicted octanol–water partition coefficient (Wildman–Crippen LogP) is 1.39. The summed E-state index contributed by atoms with van der Waals surface area (Å²) in [4.78, 5) is 13.6. The van der Waals surface area contributed by atoms with Crippen molar-refractivity contribution in [1.82, 2.24) is 4.90 Å². The molecule has 1 aliphatic rings. The zero-order valence-corrected chi connectivity index (χ0v) is 10.6. The average Bonchev–Trinajstić information content (AvgIpc) is 2.74. The minimum absolute atomic E-state index is 0.128. The second-order valence-corrected chi connectivity index (χ2v) is 4.87. The van der Waals surface area contributed by atoms with Gasteiger partial charge in [-0.05, 0) is 24.5 Å². The number of hydrogen-bond donors (Lipinski definition) is 2. The van der Waals surface area contributed by atoms with Crippen LogP contribution in [-0.2, 0) is 0 Å². The van der Waals surface area contributed by atoms with Crippen molar-refractivity contribution in [3.63, 3.8) is 0 Å². The number of anilines is 1. The Labute approximate surface area is 109 Å². The van der Waals surface area contributed by atoms with E-state index < -0.39 is 23.2 Å². The maximum atomic E-state index is 13.8. The van der Waals surface area contributed by atoms with E-state index in [2.05, 4.69) is 0 Å². The number of rotatable bonds is 2. The summed E-state index contributed by atoms with van der Waals surface area (Å²) in [5.74, 6) is -2.17. The van der Waals surface area contributed by atoms with E-state index in [-0.39, 0.29) is 24.1 Å². The lowest BCUT2D eigenvalue weighted by molar-refractivity contribution is 0.0643. The fraction of sp³-hybridized carbons (Fsp3) is 0.462. The van der Waals surface area contributed by atoms with Crippen LogP contribution in [0.1, 0.15) is 23.7 Å². The van der Waals surface area contributed by atoms with Gasteiger partial charge >= 0.3 is 0 Å². The standard InChI is InChI=1S/C13H16F2N2O2/c1-7-2-3-17(11(7)6-18)13(19)9-4-8(14)5-10(16)12(9)15/h4-5,7,11,18H,2-3,6,16H2,1H3. The number of halogens is 2. The third-order valence-electron chi connectivity index (χ3n) is 3.63. The average molecular weight is 270 g/mol. The fourth-order valence-corrected chi connectivity index (χ4v) is 2.46. The first-order valence-electron chi connectivity index (χ1n) is 6.12. The molecule has 2 atom stereocenters. The highest BCUT2D eigenvalue weighted by Gasteiger charge is 2.35. The monoisotopic (exact) mass is 270 g/mol.